The van der Waals surface area contributed by atoms with E-state index in [0.29, 0.717) is 12.5 Å². The largest absolute Gasteiger partial charge is 0.393 e. The van der Waals surface area contributed by atoms with Gasteiger partial charge in [0.05, 0.1) is 12.0 Å². The lowest BCUT2D eigenvalue weighted by Gasteiger charge is -2.18. The number of carbonyl (C=O) groups excluding carboxylic acids is 1. The Hall–Kier alpha value is -0.610. The molecular formula is C12H22N2O2. The Morgan fingerprint density at radius 3 is 2.81 bits per heavy atom. The lowest BCUT2D eigenvalue weighted by molar-refractivity contribution is -0.125. The Bertz CT molecular complexity index is 257. The summed E-state index contributed by atoms with van der Waals surface area (Å²) in [5.74, 6) is 0.956. The van der Waals surface area contributed by atoms with Gasteiger partial charge in [-0.05, 0) is 25.3 Å². The highest BCUT2D eigenvalue weighted by Gasteiger charge is 2.31. The highest BCUT2D eigenvalue weighted by molar-refractivity contribution is 5.79. The number of hydrogen-bond acceptors (Lipinski definition) is 3. The van der Waals surface area contributed by atoms with Gasteiger partial charge in [0.1, 0.15) is 0 Å². The molecule has 1 saturated carbocycles. The van der Waals surface area contributed by atoms with Crippen molar-refractivity contribution in [2.24, 2.45) is 17.8 Å². The van der Waals surface area contributed by atoms with Gasteiger partial charge < -0.3 is 15.7 Å². The SMILES string of the molecule is C[C@@H]1CNC[C@H]1C(=O)NCC1CCCC1O. The molecule has 1 heterocycles. The van der Waals surface area contributed by atoms with Gasteiger partial charge in [-0.1, -0.05) is 13.3 Å². The van der Waals surface area contributed by atoms with Crippen LogP contribution in [0.15, 0.2) is 0 Å². The molecule has 0 aromatic heterocycles. The van der Waals surface area contributed by atoms with E-state index in [1.807, 2.05) is 0 Å². The maximum absolute atomic E-state index is 11.9. The number of carbonyl (C=O) groups is 1. The highest BCUT2D eigenvalue weighted by Crippen LogP contribution is 2.25. The van der Waals surface area contributed by atoms with Crippen LogP contribution >= 0.6 is 0 Å². The van der Waals surface area contributed by atoms with Crippen LogP contribution in [-0.4, -0.2) is 36.8 Å². The summed E-state index contributed by atoms with van der Waals surface area (Å²) in [7, 11) is 0. The lowest BCUT2D eigenvalue weighted by atomic mass is 9.97. The van der Waals surface area contributed by atoms with Crippen LogP contribution in [0.3, 0.4) is 0 Å². The van der Waals surface area contributed by atoms with Crippen LogP contribution in [0, 0.1) is 17.8 Å². The first-order chi connectivity index (χ1) is 7.68. The van der Waals surface area contributed by atoms with Crippen molar-refractivity contribution in [1.29, 1.82) is 0 Å². The molecule has 0 spiro atoms. The number of aliphatic hydroxyl groups excluding tert-OH is 1. The zero-order chi connectivity index (χ0) is 11.5. The summed E-state index contributed by atoms with van der Waals surface area (Å²) >= 11 is 0. The zero-order valence-corrected chi connectivity index (χ0v) is 9.91. The van der Waals surface area contributed by atoms with Crippen molar-refractivity contribution in [3.8, 4) is 0 Å². The summed E-state index contributed by atoms with van der Waals surface area (Å²) in [5, 5.41) is 15.9. The maximum Gasteiger partial charge on any atom is 0.224 e. The molecule has 2 aliphatic rings. The van der Waals surface area contributed by atoms with Crippen LogP contribution in [0.5, 0.6) is 0 Å². The van der Waals surface area contributed by atoms with E-state index in [4.69, 9.17) is 0 Å². The second-order valence-electron chi connectivity index (χ2n) is 5.25. The van der Waals surface area contributed by atoms with E-state index >= 15 is 0 Å². The molecule has 2 unspecified atom stereocenters. The number of amides is 1. The molecule has 2 fully saturated rings. The first kappa shape index (κ1) is 11.9. The topological polar surface area (TPSA) is 61.4 Å². The van der Waals surface area contributed by atoms with Gasteiger partial charge in [0.2, 0.25) is 5.91 Å². The zero-order valence-electron chi connectivity index (χ0n) is 9.91. The molecule has 3 N–H and O–H groups in total. The average Bonchev–Trinajstić information content (AvgIpc) is 2.84. The fourth-order valence-electron chi connectivity index (χ4n) is 2.78. The summed E-state index contributed by atoms with van der Waals surface area (Å²) < 4.78 is 0. The third-order valence-corrected chi connectivity index (χ3v) is 4.01. The molecule has 0 radical (unpaired) electrons. The smallest absolute Gasteiger partial charge is 0.224 e. The van der Waals surface area contributed by atoms with Crippen molar-refractivity contribution in [1.82, 2.24) is 10.6 Å². The Balaban J connectivity index is 1.75. The molecule has 4 heteroatoms. The predicted molar refractivity (Wildman–Crippen MR) is 61.9 cm³/mol. The minimum absolute atomic E-state index is 0.110. The molecule has 0 aromatic carbocycles. The number of nitrogens with one attached hydrogen (secondary N) is 2. The molecule has 2 rings (SSSR count). The van der Waals surface area contributed by atoms with E-state index in [-0.39, 0.29) is 23.8 Å². The molecule has 1 aliphatic carbocycles. The maximum atomic E-state index is 11.9. The van der Waals surface area contributed by atoms with E-state index < -0.39 is 0 Å². The van der Waals surface area contributed by atoms with Crippen molar-refractivity contribution in [3.05, 3.63) is 0 Å². The third kappa shape index (κ3) is 2.55. The standard InChI is InChI=1S/C12H22N2O2/c1-8-5-13-7-10(8)12(16)14-6-9-3-2-4-11(9)15/h8-11,13,15H,2-7H2,1H3,(H,14,16)/t8-,9?,10-,11?/m1/s1. The predicted octanol–water partition coefficient (Wildman–Crippen LogP) is 0.119. The summed E-state index contributed by atoms with van der Waals surface area (Å²) in [6.07, 6.45) is 2.81. The van der Waals surface area contributed by atoms with Gasteiger partial charge in [-0.2, -0.15) is 0 Å². The second kappa shape index (κ2) is 5.15. The molecule has 4 atom stereocenters. The quantitative estimate of drug-likeness (QED) is 0.640. The van der Waals surface area contributed by atoms with Crippen LogP contribution in [-0.2, 0) is 4.79 Å². The lowest BCUT2D eigenvalue weighted by Crippen LogP contribution is -2.38. The molecule has 4 nitrogen and oxygen atoms in total. The van der Waals surface area contributed by atoms with E-state index in [0.717, 1.165) is 32.4 Å². The fourth-order valence-corrected chi connectivity index (χ4v) is 2.78. The molecule has 0 bridgehead atoms. The number of aliphatic hydroxyl groups is 1. The van der Waals surface area contributed by atoms with Crippen molar-refractivity contribution in [2.45, 2.75) is 32.3 Å². The van der Waals surface area contributed by atoms with Crippen LogP contribution in [0.4, 0.5) is 0 Å². The summed E-state index contributed by atoms with van der Waals surface area (Å²) in [4.78, 5) is 11.9. The van der Waals surface area contributed by atoms with Gasteiger partial charge in [-0.15, -0.1) is 0 Å². The van der Waals surface area contributed by atoms with Crippen LogP contribution < -0.4 is 10.6 Å². The number of rotatable bonds is 3. The molecule has 0 aromatic rings. The third-order valence-electron chi connectivity index (χ3n) is 4.01. The van der Waals surface area contributed by atoms with Crippen molar-refractivity contribution >= 4 is 5.91 Å². The van der Waals surface area contributed by atoms with Gasteiger partial charge in [-0.3, -0.25) is 4.79 Å². The second-order valence-corrected chi connectivity index (χ2v) is 5.25. The first-order valence-corrected chi connectivity index (χ1v) is 6.35. The van der Waals surface area contributed by atoms with E-state index in [9.17, 15) is 9.90 Å². The molecule has 1 saturated heterocycles. The first-order valence-electron chi connectivity index (χ1n) is 6.35. The average molecular weight is 226 g/mol. The van der Waals surface area contributed by atoms with E-state index in [1.54, 1.807) is 0 Å². The Labute approximate surface area is 96.8 Å². The summed E-state index contributed by atoms with van der Waals surface area (Å²) in [6, 6.07) is 0. The van der Waals surface area contributed by atoms with Gasteiger partial charge in [0.25, 0.3) is 0 Å². The Morgan fingerprint density at radius 1 is 1.44 bits per heavy atom. The molecule has 1 aliphatic heterocycles. The van der Waals surface area contributed by atoms with Crippen molar-refractivity contribution in [3.63, 3.8) is 0 Å². The van der Waals surface area contributed by atoms with Crippen LogP contribution in [0.25, 0.3) is 0 Å². The Morgan fingerprint density at radius 2 is 2.25 bits per heavy atom. The highest BCUT2D eigenvalue weighted by atomic mass is 16.3. The molecule has 16 heavy (non-hydrogen) atoms. The van der Waals surface area contributed by atoms with Gasteiger partial charge in [0.15, 0.2) is 0 Å². The summed E-state index contributed by atoms with van der Waals surface area (Å²) in [6.45, 7) is 4.47. The fraction of sp³-hybridized carbons (Fsp3) is 0.917. The van der Waals surface area contributed by atoms with E-state index in [2.05, 4.69) is 17.6 Å². The van der Waals surface area contributed by atoms with Gasteiger partial charge >= 0.3 is 0 Å². The van der Waals surface area contributed by atoms with E-state index in [1.165, 1.54) is 0 Å². The summed E-state index contributed by atoms with van der Waals surface area (Å²) in [5.41, 5.74) is 0. The number of hydrogen-bond donors (Lipinski definition) is 3. The van der Waals surface area contributed by atoms with Crippen LogP contribution in [0.2, 0.25) is 0 Å². The van der Waals surface area contributed by atoms with Gasteiger partial charge in [-0.25, -0.2) is 0 Å². The Kier molecular flexibility index (Phi) is 3.82. The van der Waals surface area contributed by atoms with Gasteiger partial charge in [0, 0.05) is 19.0 Å². The minimum Gasteiger partial charge on any atom is -0.393 e. The van der Waals surface area contributed by atoms with Crippen molar-refractivity contribution in [2.75, 3.05) is 19.6 Å². The minimum atomic E-state index is -0.209. The molecular weight excluding hydrogens is 204 g/mol. The molecule has 92 valence electrons. The normalized spacial score (nSPS) is 38.9. The van der Waals surface area contributed by atoms with Crippen molar-refractivity contribution < 1.29 is 9.90 Å². The van der Waals surface area contributed by atoms with Crippen LogP contribution in [0.1, 0.15) is 26.2 Å². The molecule has 1 amide bonds. The monoisotopic (exact) mass is 226 g/mol.